The standard InChI is InChI=1S/C18H23NO4/c1-12-10-15(16(20)8-9-18(2,3)11-12)17(21)13-4-6-14(7-5-13)19(22)23/h4-7,12,15H,8-11H2,1-3H3. The third-order valence-electron chi connectivity index (χ3n) is 4.66. The number of benzene rings is 1. The van der Waals surface area contributed by atoms with Crippen LogP contribution in [0.25, 0.3) is 0 Å². The molecule has 0 heterocycles. The van der Waals surface area contributed by atoms with Crippen LogP contribution in [0.4, 0.5) is 5.69 Å². The van der Waals surface area contributed by atoms with Crippen molar-refractivity contribution >= 4 is 17.3 Å². The minimum Gasteiger partial charge on any atom is -0.299 e. The number of hydrogen-bond acceptors (Lipinski definition) is 4. The number of ketones is 2. The molecule has 0 aliphatic heterocycles. The normalized spacial score (nSPS) is 24.6. The van der Waals surface area contributed by atoms with Gasteiger partial charge in [0, 0.05) is 24.1 Å². The first-order chi connectivity index (χ1) is 10.7. The van der Waals surface area contributed by atoms with E-state index in [1.807, 2.05) is 0 Å². The molecular weight excluding hydrogens is 294 g/mol. The maximum atomic E-state index is 12.7. The van der Waals surface area contributed by atoms with E-state index in [4.69, 9.17) is 0 Å². The molecule has 0 N–H and O–H groups in total. The molecule has 23 heavy (non-hydrogen) atoms. The second kappa shape index (κ2) is 6.60. The Balaban J connectivity index is 2.19. The average molecular weight is 317 g/mol. The number of carbonyl (C=O) groups is 2. The minimum absolute atomic E-state index is 0.00650. The van der Waals surface area contributed by atoms with E-state index in [1.54, 1.807) is 0 Å². The summed E-state index contributed by atoms with van der Waals surface area (Å²) in [5.74, 6) is -0.548. The van der Waals surface area contributed by atoms with Crippen molar-refractivity contribution in [1.29, 1.82) is 0 Å². The lowest BCUT2D eigenvalue weighted by Gasteiger charge is -2.32. The molecule has 5 nitrogen and oxygen atoms in total. The van der Waals surface area contributed by atoms with Gasteiger partial charge < -0.3 is 0 Å². The van der Waals surface area contributed by atoms with Crippen LogP contribution >= 0.6 is 0 Å². The summed E-state index contributed by atoms with van der Waals surface area (Å²) < 4.78 is 0. The lowest BCUT2D eigenvalue weighted by molar-refractivity contribution is -0.384. The molecule has 0 bridgehead atoms. The molecule has 0 aromatic heterocycles. The number of carbonyl (C=O) groups excluding carboxylic acids is 2. The average Bonchev–Trinajstić information content (AvgIpc) is 2.48. The summed E-state index contributed by atoms with van der Waals surface area (Å²) in [5, 5.41) is 10.7. The van der Waals surface area contributed by atoms with E-state index in [2.05, 4.69) is 20.8 Å². The number of nitro groups is 1. The summed E-state index contributed by atoms with van der Waals surface area (Å²) in [5.41, 5.74) is 0.442. The molecule has 1 aliphatic rings. The van der Waals surface area contributed by atoms with Crippen LogP contribution in [0.2, 0.25) is 0 Å². The predicted octanol–water partition coefficient (Wildman–Crippen LogP) is 4.20. The molecule has 0 radical (unpaired) electrons. The minimum atomic E-state index is -0.623. The van der Waals surface area contributed by atoms with Gasteiger partial charge in [0.25, 0.3) is 5.69 Å². The first kappa shape index (κ1) is 17.3. The predicted molar refractivity (Wildman–Crippen MR) is 87.3 cm³/mol. The van der Waals surface area contributed by atoms with Crippen LogP contribution in [0.5, 0.6) is 0 Å². The van der Waals surface area contributed by atoms with Crippen LogP contribution in [0.15, 0.2) is 24.3 Å². The smallest absolute Gasteiger partial charge is 0.269 e. The van der Waals surface area contributed by atoms with Crippen molar-refractivity contribution in [1.82, 2.24) is 0 Å². The molecule has 124 valence electrons. The van der Waals surface area contributed by atoms with Crippen molar-refractivity contribution < 1.29 is 14.5 Å². The Morgan fingerprint density at radius 1 is 1.26 bits per heavy atom. The number of nitro benzene ring substituents is 1. The van der Waals surface area contributed by atoms with Crippen LogP contribution in [0.3, 0.4) is 0 Å². The molecule has 2 unspecified atom stereocenters. The Labute approximate surface area is 136 Å². The molecule has 1 fully saturated rings. The molecule has 2 atom stereocenters. The third kappa shape index (κ3) is 4.24. The fraction of sp³-hybridized carbons (Fsp3) is 0.556. The third-order valence-corrected chi connectivity index (χ3v) is 4.66. The lowest BCUT2D eigenvalue weighted by atomic mass is 9.71. The Hall–Kier alpha value is -2.04. The van der Waals surface area contributed by atoms with Crippen molar-refractivity contribution in [2.24, 2.45) is 17.3 Å². The maximum Gasteiger partial charge on any atom is 0.269 e. The van der Waals surface area contributed by atoms with Gasteiger partial charge in [0.05, 0.1) is 10.8 Å². The van der Waals surface area contributed by atoms with E-state index in [1.165, 1.54) is 24.3 Å². The quantitative estimate of drug-likeness (QED) is 0.362. The van der Waals surface area contributed by atoms with E-state index >= 15 is 0 Å². The second-order valence-corrected chi connectivity index (χ2v) is 7.40. The zero-order valence-electron chi connectivity index (χ0n) is 13.9. The molecule has 0 spiro atoms. The van der Waals surface area contributed by atoms with Gasteiger partial charge in [-0.15, -0.1) is 0 Å². The first-order valence-electron chi connectivity index (χ1n) is 8.01. The van der Waals surface area contributed by atoms with Gasteiger partial charge in [0.15, 0.2) is 5.78 Å². The second-order valence-electron chi connectivity index (χ2n) is 7.40. The van der Waals surface area contributed by atoms with E-state index in [0.717, 1.165) is 12.8 Å². The highest BCUT2D eigenvalue weighted by molar-refractivity contribution is 6.10. The zero-order chi connectivity index (χ0) is 17.2. The highest BCUT2D eigenvalue weighted by Crippen LogP contribution is 2.37. The van der Waals surface area contributed by atoms with Gasteiger partial charge in [0.1, 0.15) is 5.78 Å². The molecule has 1 aliphatic carbocycles. The van der Waals surface area contributed by atoms with Crippen molar-refractivity contribution in [2.45, 2.75) is 46.5 Å². The fourth-order valence-corrected chi connectivity index (χ4v) is 3.50. The summed E-state index contributed by atoms with van der Waals surface area (Å²) in [7, 11) is 0. The number of hydrogen-bond donors (Lipinski definition) is 0. The van der Waals surface area contributed by atoms with Gasteiger partial charge in [0.2, 0.25) is 0 Å². The number of Topliss-reactive ketones (excluding diaryl/α,β-unsaturated/α-hetero) is 2. The number of non-ortho nitro benzene ring substituents is 1. The summed E-state index contributed by atoms with van der Waals surface area (Å²) in [6.07, 6.45) is 2.76. The molecule has 2 rings (SSSR count). The summed E-state index contributed by atoms with van der Waals surface area (Å²) in [6.45, 7) is 6.40. The zero-order valence-corrected chi connectivity index (χ0v) is 13.9. The van der Waals surface area contributed by atoms with Crippen molar-refractivity contribution in [3.05, 3.63) is 39.9 Å². The number of nitrogens with zero attached hydrogens (tertiary/aromatic N) is 1. The van der Waals surface area contributed by atoms with Gasteiger partial charge in [-0.05, 0) is 42.7 Å². The van der Waals surface area contributed by atoms with E-state index in [9.17, 15) is 19.7 Å². The highest BCUT2D eigenvalue weighted by Gasteiger charge is 2.34. The first-order valence-corrected chi connectivity index (χ1v) is 8.01. The molecule has 1 saturated carbocycles. The molecule has 0 saturated heterocycles. The summed E-state index contributed by atoms with van der Waals surface area (Å²) in [4.78, 5) is 35.3. The Kier molecular flexibility index (Phi) is 4.97. The lowest BCUT2D eigenvalue weighted by Crippen LogP contribution is -2.31. The maximum absolute atomic E-state index is 12.7. The SMILES string of the molecule is CC1CC(C(=O)c2ccc([N+](=O)[O-])cc2)C(=O)CCC(C)(C)C1. The van der Waals surface area contributed by atoms with E-state index < -0.39 is 10.8 Å². The molecule has 1 aromatic carbocycles. The van der Waals surface area contributed by atoms with E-state index in [0.29, 0.717) is 24.3 Å². The largest absolute Gasteiger partial charge is 0.299 e. The highest BCUT2D eigenvalue weighted by atomic mass is 16.6. The van der Waals surface area contributed by atoms with Crippen LogP contribution in [-0.4, -0.2) is 16.5 Å². The van der Waals surface area contributed by atoms with Gasteiger partial charge in [-0.3, -0.25) is 19.7 Å². The fourth-order valence-electron chi connectivity index (χ4n) is 3.50. The topological polar surface area (TPSA) is 77.3 Å². The molecular formula is C18H23NO4. The van der Waals surface area contributed by atoms with Crippen LogP contribution in [0, 0.1) is 27.4 Å². The summed E-state index contributed by atoms with van der Waals surface area (Å²) >= 11 is 0. The molecule has 0 amide bonds. The van der Waals surface area contributed by atoms with Crippen molar-refractivity contribution in [2.75, 3.05) is 0 Å². The number of rotatable bonds is 3. The van der Waals surface area contributed by atoms with Gasteiger partial charge >= 0.3 is 0 Å². The monoisotopic (exact) mass is 317 g/mol. The Bertz CT molecular complexity index is 618. The van der Waals surface area contributed by atoms with Crippen molar-refractivity contribution in [3.8, 4) is 0 Å². The Morgan fingerprint density at radius 3 is 2.43 bits per heavy atom. The summed E-state index contributed by atoms with van der Waals surface area (Å²) in [6, 6.07) is 5.52. The van der Waals surface area contributed by atoms with Crippen LogP contribution in [0.1, 0.15) is 56.8 Å². The van der Waals surface area contributed by atoms with Crippen molar-refractivity contribution in [3.63, 3.8) is 0 Å². The van der Waals surface area contributed by atoms with Crippen LogP contribution < -0.4 is 0 Å². The van der Waals surface area contributed by atoms with Crippen LogP contribution in [-0.2, 0) is 4.79 Å². The molecule has 1 aromatic rings. The Morgan fingerprint density at radius 2 is 1.87 bits per heavy atom. The van der Waals surface area contributed by atoms with Gasteiger partial charge in [-0.25, -0.2) is 0 Å². The molecule has 5 heteroatoms. The van der Waals surface area contributed by atoms with Gasteiger partial charge in [-0.2, -0.15) is 0 Å². The van der Waals surface area contributed by atoms with E-state index in [-0.39, 0.29) is 22.7 Å². The van der Waals surface area contributed by atoms with Gasteiger partial charge in [-0.1, -0.05) is 20.8 Å².